The van der Waals surface area contributed by atoms with Gasteiger partial charge in [0.05, 0.1) is 12.2 Å². The van der Waals surface area contributed by atoms with E-state index in [1.807, 2.05) is 24.3 Å². The molecule has 1 fully saturated rings. The third-order valence-electron chi connectivity index (χ3n) is 7.16. The first-order valence-corrected chi connectivity index (χ1v) is 12.0. The van der Waals surface area contributed by atoms with E-state index in [4.69, 9.17) is 0 Å². The predicted molar refractivity (Wildman–Crippen MR) is 136 cm³/mol. The molecule has 2 aromatic rings. The van der Waals surface area contributed by atoms with Gasteiger partial charge in [-0.2, -0.15) is 0 Å². The molecule has 0 radical (unpaired) electrons. The molecule has 36 heavy (non-hydrogen) atoms. The summed E-state index contributed by atoms with van der Waals surface area (Å²) in [4.78, 5) is 55.1. The number of anilines is 1. The fourth-order valence-electron chi connectivity index (χ4n) is 4.94. The Bertz CT molecular complexity index is 1360. The number of carbonyl (C=O) groups is 4. The molecule has 3 aliphatic rings. The zero-order valence-electron chi connectivity index (χ0n) is 20.5. The fraction of sp³-hybridized carbons (Fsp3) is 0.286. The molecule has 8 nitrogen and oxygen atoms in total. The van der Waals surface area contributed by atoms with Crippen LogP contribution < -0.4 is 10.2 Å². The third kappa shape index (κ3) is 3.98. The van der Waals surface area contributed by atoms with Crippen molar-refractivity contribution in [2.24, 2.45) is 0 Å². The van der Waals surface area contributed by atoms with Crippen LogP contribution in [0.5, 0.6) is 0 Å². The van der Waals surface area contributed by atoms with E-state index in [2.05, 4.69) is 24.5 Å². The predicted octanol–water partition coefficient (Wildman–Crippen LogP) is 2.98. The third-order valence-corrected chi connectivity index (χ3v) is 7.16. The van der Waals surface area contributed by atoms with Crippen LogP contribution in [0.3, 0.4) is 0 Å². The van der Waals surface area contributed by atoms with Crippen molar-refractivity contribution in [2.75, 3.05) is 18.5 Å². The lowest BCUT2D eigenvalue weighted by Gasteiger charge is -2.21. The van der Waals surface area contributed by atoms with Crippen LogP contribution >= 0.6 is 0 Å². The highest BCUT2D eigenvalue weighted by atomic mass is 16.2. The summed E-state index contributed by atoms with van der Waals surface area (Å²) in [6, 6.07) is 11.7. The molecule has 5 rings (SSSR count). The highest BCUT2D eigenvalue weighted by Crippen LogP contribution is 2.37. The molecule has 0 aromatic heterocycles. The molecular formula is C28H28N4O4. The molecule has 0 bridgehead atoms. The first-order valence-electron chi connectivity index (χ1n) is 12.0. The van der Waals surface area contributed by atoms with Crippen LogP contribution in [0, 0.1) is 0 Å². The molecule has 0 spiro atoms. The van der Waals surface area contributed by atoms with Crippen LogP contribution in [-0.2, 0) is 27.3 Å². The molecule has 2 heterocycles. The number of hydrogen-bond donors (Lipinski definition) is 1. The number of nitrogens with one attached hydrogen (secondary N) is 1. The summed E-state index contributed by atoms with van der Waals surface area (Å²) in [7, 11) is 1.69. The zero-order valence-corrected chi connectivity index (χ0v) is 20.5. The molecule has 184 valence electrons. The summed E-state index contributed by atoms with van der Waals surface area (Å²) >= 11 is 0. The number of hydrogen-bond acceptors (Lipinski definition) is 4. The van der Waals surface area contributed by atoms with E-state index in [1.54, 1.807) is 29.8 Å². The maximum Gasteiger partial charge on any atom is 0.271 e. The Hall–Kier alpha value is -4.20. The van der Waals surface area contributed by atoms with Gasteiger partial charge in [-0.15, -0.1) is 0 Å². The van der Waals surface area contributed by atoms with Crippen molar-refractivity contribution in [1.29, 1.82) is 0 Å². The van der Waals surface area contributed by atoms with E-state index in [-0.39, 0.29) is 41.7 Å². The number of benzene rings is 2. The van der Waals surface area contributed by atoms with Gasteiger partial charge in [-0.1, -0.05) is 31.4 Å². The Morgan fingerprint density at radius 2 is 1.78 bits per heavy atom. The second kappa shape index (κ2) is 8.78. The lowest BCUT2D eigenvalue weighted by Crippen LogP contribution is -2.40. The molecule has 2 aromatic carbocycles. The standard InChI is InChI=1S/C28H28N4O4/c1-16(27(35)30(4)21-9-10-21)29-26(34)17(2)32-15-24-22(6-5-7-23(24)28(32)36)19-8-11-25-20(14-19)12-13-31(25)18(3)33/h5-8,11,14,21H,1-2,9-10,12-13,15H2,3-4H3,(H,29,34). The SMILES string of the molecule is C=C(NC(=O)C(=C)N1Cc2c(cccc2-c2ccc3c(c2)CCN3C(C)=O)C1=O)C(=O)N(C)C1CC1. The second-order valence-corrected chi connectivity index (χ2v) is 9.51. The van der Waals surface area contributed by atoms with Crippen molar-refractivity contribution in [2.45, 2.75) is 38.8 Å². The van der Waals surface area contributed by atoms with Gasteiger partial charge < -0.3 is 15.1 Å². The maximum atomic E-state index is 13.2. The highest BCUT2D eigenvalue weighted by Gasteiger charge is 2.35. The van der Waals surface area contributed by atoms with Crippen LogP contribution in [0.25, 0.3) is 11.1 Å². The van der Waals surface area contributed by atoms with Gasteiger partial charge in [0.25, 0.3) is 17.7 Å². The normalized spacial score (nSPS) is 15.9. The molecule has 1 aliphatic carbocycles. The summed E-state index contributed by atoms with van der Waals surface area (Å²) in [5, 5.41) is 2.50. The van der Waals surface area contributed by atoms with E-state index in [9.17, 15) is 19.2 Å². The van der Waals surface area contributed by atoms with Gasteiger partial charge in [-0.25, -0.2) is 0 Å². The van der Waals surface area contributed by atoms with Gasteiger partial charge in [0.2, 0.25) is 5.91 Å². The fourth-order valence-corrected chi connectivity index (χ4v) is 4.94. The van der Waals surface area contributed by atoms with Crippen molar-refractivity contribution in [3.05, 3.63) is 77.6 Å². The van der Waals surface area contributed by atoms with Gasteiger partial charge >= 0.3 is 0 Å². The summed E-state index contributed by atoms with van der Waals surface area (Å²) in [5.74, 6) is -1.29. The number of rotatable bonds is 6. The summed E-state index contributed by atoms with van der Waals surface area (Å²) in [5.41, 5.74) is 5.08. The Morgan fingerprint density at radius 1 is 1.06 bits per heavy atom. The van der Waals surface area contributed by atoms with Crippen molar-refractivity contribution >= 4 is 29.3 Å². The first kappa shape index (κ1) is 23.5. The molecular weight excluding hydrogens is 456 g/mol. The smallest absolute Gasteiger partial charge is 0.271 e. The highest BCUT2D eigenvalue weighted by molar-refractivity contribution is 6.08. The van der Waals surface area contributed by atoms with Gasteiger partial charge in [0.15, 0.2) is 0 Å². The van der Waals surface area contributed by atoms with Gasteiger partial charge in [0.1, 0.15) is 5.70 Å². The Morgan fingerprint density at radius 3 is 2.47 bits per heavy atom. The zero-order chi connectivity index (χ0) is 25.7. The number of fused-ring (bicyclic) bond motifs is 2. The van der Waals surface area contributed by atoms with Gasteiger partial charge in [-0.3, -0.25) is 24.1 Å². The average molecular weight is 485 g/mol. The quantitative estimate of drug-likeness (QED) is 0.639. The topological polar surface area (TPSA) is 90.0 Å². The monoisotopic (exact) mass is 484 g/mol. The van der Waals surface area contributed by atoms with E-state index >= 15 is 0 Å². The molecule has 0 unspecified atom stereocenters. The Kier molecular flexibility index (Phi) is 5.74. The number of carbonyl (C=O) groups excluding carboxylic acids is 4. The largest absolute Gasteiger partial charge is 0.337 e. The van der Waals surface area contributed by atoms with Crippen molar-refractivity contribution < 1.29 is 19.2 Å². The number of nitrogens with zero attached hydrogens (tertiary/aromatic N) is 3. The van der Waals surface area contributed by atoms with Crippen LogP contribution in [0.2, 0.25) is 0 Å². The average Bonchev–Trinajstić information content (AvgIpc) is 3.54. The van der Waals surface area contributed by atoms with E-state index in [0.29, 0.717) is 12.1 Å². The minimum absolute atomic E-state index is 0.0173. The summed E-state index contributed by atoms with van der Waals surface area (Å²) in [6.45, 7) is 9.95. The Balaban J connectivity index is 1.34. The van der Waals surface area contributed by atoms with Gasteiger partial charge in [0, 0.05) is 37.8 Å². The molecule has 1 N–H and O–H groups in total. The molecule has 8 heteroatoms. The van der Waals surface area contributed by atoms with Crippen LogP contribution in [0.1, 0.15) is 41.3 Å². The van der Waals surface area contributed by atoms with E-state index < -0.39 is 5.91 Å². The second-order valence-electron chi connectivity index (χ2n) is 9.51. The van der Waals surface area contributed by atoms with Crippen molar-refractivity contribution in [1.82, 2.24) is 15.1 Å². The van der Waals surface area contributed by atoms with Crippen LogP contribution in [0.4, 0.5) is 5.69 Å². The van der Waals surface area contributed by atoms with Gasteiger partial charge in [-0.05, 0) is 59.7 Å². The maximum absolute atomic E-state index is 13.2. The summed E-state index contributed by atoms with van der Waals surface area (Å²) in [6.07, 6.45) is 2.66. The van der Waals surface area contributed by atoms with E-state index in [1.165, 1.54) is 4.90 Å². The van der Waals surface area contributed by atoms with Crippen LogP contribution in [0.15, 0.2) is 61.0 Å². The molecule has 4 amide bonds. The van der Waals surface area contributed by atoms with E-state index in [0.717, 1.165) is 47.2 Å². The molecule has 2 aliphatic heterocycles. The van der Waals surface area contributed by atoms with Crippen molar-refractivity contribution in [3.8, 4) is 11.1 Å². The molecule has 0 saturated heterocycles. The lowest BCUT2D eigenvalue weighted by molar-refractivity contribution is -0.128. The number of likely N-dealkylation sites (N-methyl/N-ethyl adjacent to an activating group) is 1. The minimum atomic E-state index is -0.637. The van der Waals surface area contributed by atoms with Crippen molar-refractivity contribution in [3.63, 3.8) is 0 Å². The first-order chi connectivity index (χ1) is 17.2. The molecule has 1 saturated carbocycles. The summed E-state index contributed by atoms with van der Waals surface area (Å²) < 4.78 is 0. The minimum Gasteiger partial charge on any atom is -0.337 e. The lowest BCUT2D eigenvalue weighted by atomic mass is 9.95. The molecule has 0 atom stereocenters. The number of amides is 4. The van der Waals surface area contributed by atoms with Crippen LogP contribution in [-0.4, -0.2) is 53.1 Å². The Labute approximate surface area is 209 Å².